The van der Waals surface area contributed by atoms with Gasteiger partial charge in [0, 0.05) is 25.6 Å². The molecule has 0 aliphatic carbocycles. The minimum Gasteiger partial charge on any atom is -0.330 e. The van der Waals surface area contributed by atoms with E-state index >= 15 is 0 Å². The molecule has 0 bridgehead atoms. The largest absolute Gasteiger partial charge is 0.330 e. The molecular formula is C18H22ClFN2. The second kappa shape index (κ2) is 7.73. The first kappa shape index (κ1) is 16.9. The maximum Gasteiger partial charge on any atom is 0.123 e. The van der Waals surface area contributed by atoms with Gasteiger partial charge in [-0.3, -0.25) is 4.90 Å². The monoisotopic (exact) mass is 320 g/mol. The van der Waals surface area contributed by atoms with Gasteiger partial charge in [0.05, 0.1) is 0 Å². The van der Waals surface area contributed by atoms with E-state index in [1.54, 1.807) is 0 Å². The maximum atomic E-state index is 13.0. The van der Waals surface area contributed by atoms with Crippen molar-refractivity contribution in [2.75, 3.05) is 19.6 Å². The number of hydrogen-bond donors (Lipinski definition) is 1. The van der Waals surface area contributed by atoms with Crippen LogP contribution in [0.1, 0.15) is 17.0 Å². The van der Waals surface area contributed by atoms with Crippen molar-refractivity contribution in [1.29, 1.82) is 0 Å². The van der Waals surface area contributed by atoms with Crippen molar-refractivity contribution >= 4 is 12.4 Å². The summed E-state index contributed by atoms with van der Waals surface area (Å²) in [7, 11) is 0. The lowest BCUT2D eigenvalue weighted by Crippen LogP contribution is -2.23. The summed E-state index contributed by atoms with van der Waals surface area (Å²) in [4.78, 5) is 2.42. The minimum absolute atomic E-state index is 0. The zero-order valence-corrected chi connectivity index (χ0v) is 13.3. The third kappa shape index (κ3) is 3.86. The smallest absolute Gasteiger partial charge is 0.123 e. The summed E-state index contributed by atoms with van der Waals surface area (Å²) in [6.07, 6.45) is 0. The minimum atomic E-state index is -0.179. The lowest BCUT2D eigenvalue weighted by atomic mass is 9.89. The van der Waals surface area contributed by atoms with Crippen LogP contribution in [0.3, 0.4) is 0 Å². The molecule has 2 atom stereocenters. The Kier molecular flexibility index (Phi) is 5.95. The summed E-state index contributed by atoms with van der Waals surface area (Å²) >= 11 is 0. The number of hydrogen-bond acceptors (Lipinski definition) is 2. The number of nitrogens with two attached hydrogens (primary N) is 1. The predicted molar refractivity (Wildman–Crippen MR) is 90.7 cm³/mol. The molecule has 2 aromatic carbocycles. The number of benzene rings is 2. The van der Waals surface area contributed by atoms with Gasteiger partial charge in [-0.25, -0.2) is 4.39 Å². The van der Waals surface area contributed by atoms with Crippen molar-refractivity contribution in [3.8, 4) is 0 Å². The summed E-state index contributed by atoms with van der Waals surface area (Å²) in [6.45, 7) is 3.59. The quantitative estimate of drug-likeness (QED) is 0.935. The van der Waals surface area contributed by atoms with E-state index in [1.807, 2.05) is 18.2 Å². The Labute approximate surface area is 137 Å². The maximum absolute atomic E-state index is 13.0. The zero-order valence-electron chi connectivity index (χ0n) is 12.5. The number of rotatable bonds is 4. The highest BCUT2D eigenvalue weighted by atomic mass is 35.5. The van der Waals surface area contributed by atoms with Crippen LogP contribution in [0.15, 0.2) is 54.6 Å². The summed E-state index contributed by atoms with van der Waals surface area (Å²) < 4.78 is 13.0. The predicted octanol–water partition coefficient (Wildman–Crippen LogP) is 3.42. The van der Waals surface area contributed by atoms with E-state index in [4.69, 9.17) is 5.73 Å². The molecule has 0 spiro atoms. The van der Waals surface area contributed by atoms with Crippen molar-refractivity contribution in [2.45, 2.75) is 12.5 Å². The fraction of sp³-hybridized carbons (Fsp3) is 0.333. The van der Waals surface area contributed by atoms with Gasteiger partial charge in [-0.2, -0.15) is 0 Å². The van der Waals surface area contributed by atoms with E-state index in [1.165, 1.54) is 17.7 Å². The van der Waals surface area contributed by atoms with Crippen molar-refractivity contribution in [3.05, 3.63) is 71.5 Å². The Balaban J connectivity index is 0.00000176. The van der Waals surface area contributed by atoms with E-state index in [2.05, 4.69) is 29.2 Å². The molecule has 2 aromatic rings. The molecule has 1 fully saturated rings. The van der Waals surface area contributed by atoms with Gasteiger partial charge < -0.3 is 5.73 Å². The fourth-order valence-corrected chi connectivity index (χ4v) is 3.25. The van der Waals surface area contributed by atoms with E-state index in [0.717, 1.165) is 25.2 Å². The number of nitrogens with zero attached hydrogens (tertiary/aromatic N) is 1. The molecule has 1 heterocycles. The van der Waals surface area contributed by atoms with Gasteiger partial charge in [-0.15, -0.1) is 12.4 Å². The van der Waals surface area contributed by atoms with E-state index < -0.39 is 0 Å². The molecule has 1 aliphatic rings. The van der Waals surface area contributed by atoms with Gasteiger partial charge in [0.1, 0.15) is 5.82 Å². The molecule has 0 saturated carbocycles. The van der Waals surface area contributed by atoms with Gasteiger partial charge in [0.2, 0.25) is 0 Å². The van der Waals surface area contributed by atoms with E-state index in [9.17, 15) is 4.39 Å². The molecule has 0 amide bonds. The van der Waals surface area contributed by atoms with Crippen LogP contribution >= 0.6 is 12.4 Å². The average molecular weight is 321 g/mol. The molecular weight excluding hydrogens is 299 g/mol. The normalized spacial score (nSPS) is 21.5. The van der Waals surface area contributed by atoms with Gasteiger partial charge in [-0.05, 0) is 35.7 Å². The molecule has 1 aliphatic heterocycles. The summed E-state index contributed by atoms with van der Waals surface area (Å²) in [5, 5.41) is 0. The van der Waals surface area contributed by atoms with Gasteiger partial charge in [0.15, 0.2) is 0 Å². The Bertz CT molecular complexity index is 573. The molecule has 4 heteroatoms. The first-order valence-corrected chi connectivity index (χ1v) is 7.48. The van der Waals surface area contributed by atoms with Crippen molar-refractivity contribution in [2.24, 2.45) is 11.7 Å². The summed E-state index contributed by atoms with van der Waals surface area (Å²) in [5.74, 6) is 0.812. The van der Waals surface area contributed by atoms with Gasteiger partial charge >= 0.3 is 0 Å². The lowest BCUT2D eigenvalue weighted by Gasteiger charge is -2.17. The first-order chi connectivity index (χ1) is 10.3. The van der Waals surface area contributed by atoms with Crippen LogP contribution in [0.25, 0.3) is 0 Å². The van der Waals surface area contributed by atoms with E-state index in [-0.39, 0.29) is 18.2 Å². The Morgan fingerprint density at radius 3 is 2.32 bits per heavy atom. The van der Waals surface area contributed by atoms with Crippen LogP contribution in [0.5, 0.6) is 0 Å². The highest BCUT2D eigenvalue weighted by Gasteiger charge is 2.32. The van der Waals surface area contributed by atoms with Crippen LogP contribution in [-0.2, 0) is 6.54 Å². The molecule has 2 nitrogen and oxygen atoms in total. The molecule has 3 rings (SSSR count). The van der Waals surface area contributed by atoms with Crippen molar-refractivity contribution in [3.63, 3.8) is 0 Å². The van der Waals surface area contributed by atoms with Crippen LogP contribution < -0.4 is 5.73 Å². The summed E-state index contributed by atoms with van der Waals surface area (Å²) in [6, 6.07) is 17.4. The molecule has 22 heavy (non-hydrogen) atoms. The number of halogens is 2. The average Bonchev–Trinajstić information content (AvgIpc) is 2.93. The lowest BCUT2D eigenvalue weighted by molar-refractivity contribution is 0.317. The molecule has 2 N–H and O–H groups in total. The van der Waals surface area contributed by atoms with Gasteiger partial charge in [0.25, 0.3) is 0 Å². The Hall–Kier alpha value is -1.42. The summed E-state index contributed by atoms with van der Waals surface area (Å²) in [5.41, 5.74) is 8.48. The third-order valence-electron chi connectivity index (χ3n) is 4.37. The van der Waals surface area contributed by atoms with Crippen LogP contribution in [0.2, 0.25) is 0 Å². The standard InChI is InChI=1S/C18H21FN2.ClH/c19-17-8-6-14(7-9-17)11-21-12-16(10-20)18(13-21)15-4-2-1-3-5-15;/h1-9,16,18H,10-13,20H2;1H/t16-,18+;/m1./s1. The zero-order chi connectivity index (χ0) is 14.7. The number of likely N-dealkylation sites (tertiary alicyclic amines) is 1. The van der Waals surface area contributed by atoms with E-state index in [0.29, 0.717) is 18.4 Å². The molecule has 118 valence electrons. The molecule has 0 unspecified atom stereocenters. The highest BCUT2D eigenvalue weighted by Crippen LogP contribution is 2.32. The Morgan fingerprint density at radius 1 is 1.00 bits per heavy atom. The molecule has 0 radical (unpaired) electrons. The second-order valence-electron chi connectivity index (χ2n) is 5.83. The SMILES string of the molecule is Cl.NC[C@@H]1CN(Cc2ccc(F)cc2)C[C@H]1c1ccccc1. The van der Waals surface area contributed by atoms with Crippen LogP contribution in [0, 0.1) is 11.7 Å². The fourth-order valence-electron chi connectivity index (χ4n) is 3.25. The Morgan fingerprint density at radius 2 is 1.68 bits per heavy atom. The van der Waals surface area contributed by atoms with Crippen LogP contribution in [0.4, 0.5) is 4.39 Å². The highest BCUT2D eigenvalue weighted by molar-refractivity contribution is 5.85. The topological polar surface area (TPSA) is 29.3 Å². The third-order valence-corrected chi connectivity index (χ3v) is 4.37. The van der Waals surface area contributed by atoms with Crippen molar-refractivity contribution in [1.82, 2.24) is 4.90 Å². The molecule has 1 saturated heterocycles. The second-order valence-corrected chi connectivity index (χ2v) is 5.83. The van der Waals surface area contributed by atoms with Crippen LogP contribution in [-0.4, -0.2) is 24.5 Å². The van der Waals surface area contributed by atoms with Gasteiger partial charge in [-0.1, -0.05) is 42.5 Å². The first-order valence-electron chi connectivity index (χ1n) is 7.48. The molecule has 0 aromatic heterocycles. The van der Waals surface area contributed by atoms with Crippen molar-refractivity contribution < 1.29 is 4.39 Å².